The number of halogens is 3. The standard InChI is InChI=1S/C13H15BrF2O2S/c1-8-6-9(11(16)7-10(8)15)13(14)12-4-2-3-5-19(12,17)18/h6-7,12-13H,2-5H2,1H3. The first-order valence-electron chi connectivity index (χ1n) is 6.14. The Kier molecular flexibility index (Phi) is 4.30. The van der Waals surface area contributed by atoms with Crippen molar-refractivity contribution in [3.05, 3.63) is 34.9 Å². The molecular weight excluding hydrogens is 338 g/mol. The molecule has 1 heterocycles. The van der Waals surface area contributed by atoms with E-state index in [-0.39, 0.29) is 11.3 Å². The van der Waals surface area contributed by atoms with Gasteiger partial charge in [-0.15, -0.1) is 0 Å². The number of sulfone groups is 1. The van der Waals surface area contributed by atoms with Crippen LogP contribution in [0.1, 0.15) is 35.2 Å². The fraction of sp³-hybridized carbons (Fsp3) is 0.538. The van der Waals surface area contributed by atoms with Crippen molar-refractivity contribution in [1.29, 1.82) is 0 Å². The third-order valence-corrected chi connectivity index (χ3v) is 7.30. The molecule has 1 aliphatic rings. The van der Waals surface area contributed by atoms with Gasteiger partial charge in [-0.1, -0.05) is 22.4 Å². The van der Waals surface area contributed by atoms with Crippen molar-refractivity contribution in [2.24, 2.45) is 0 Å². The van der Waals surface area contributed by atoms with Crippen molar-refractivity contribution in [3.8, 4) is 0 Å². The maximum Gasteiger partial charge on any atom is 0.154 e. The molecule has 0 amide bonds. The molecule has 1 aromatic carbocycles. The van der Waals surface area contributed by atoms with E-state index < -0.39 is 31.5 Å². The summed E-state index contributed by atoms with van der Waals surface area (Å²) in [6.45, 7) is 1.54. The van der Waals surface area contributed by atoms with E-state index >= 15 is 0 Å². The summed E-state index contributed by atoms with van der Waals surface area (Å²) < 4.78 is 51.1. The zero-order valence-corrected chi connectivity index (χ0v) is 12.9. The largest absolute Gasteiger partial charge is 0.228 e. The first kappa shape index (κ1) is 14.9. The summed E-state index contributed by atoms with van der Waals surface area (Å²) in [6.07, 6.45) is 1.98. The quantitative estimate of drug-likeness (QED) is 0.761. The second kappa shape index (κ2) is 5.48. The molecule has 1 aromatic rings. The maximum atomic E-state index is 13.8. The lowest BCUT2D eigenvalue weighted by Gasteiger charge is -2.27. The molecule has 1 aliphatic heterocycles. The molecule has 2 atom stereocenters. The van der Waals surface area contributed by atoms with E-state index in [1.54, 1.807) is 0 Å². The first-order chi connectivity index (χ1) is 8.83. The van der Waals surface area contributed by atoms with Crippen molar-refractivity contribution in [2.45, 2.75) is 36.3 Å². The zero-order valence-electron chi connectivity index (χ0n) is 10.5. The normalized spacial score (nSPS) is 24.1. The van der Waals surface area contributed by atoms with Crippen LogP contribution in [0, 0.1) is 18.6 Å². The third kappa shape index (κ3) is 2.99. The minimum atomic E-state index is -3.22. The summed E-state index contributed by atoms with van der Waals surface area (Å²) in [5, 5.41) is -0.638. The summed E-state index contributed by atoms with van der Waals surface area (Å²) in [7, 11) is -3.22. The Bertz CT molecular complexity index is 587. The molecule has 0 spiro atoms. The van der Waals surface area contributed by atoms with Crippen LogP contribution >= 0.6 is 15.9 Å². The lowest BCUT2D eigenvalue weighted by Crippen LogP contribution is -2.32. The highest BCUT2D eigenvalue weighted by atomic mass is 79.9. The van der Waals surface area contributed by atoms with Gasteiger partial charge in [-0.05, 0) is 31.4 Å². The fourth-order valence-electron chi connectivity index (χ4n) is 2.40. The van der Waals surface area contributed by atoms with Gasteiger partial charge in [0, 0.05) is 11.6 Å². The Morgan fingerprint density at radius 3 is 2.58 bits per heavy atom. The lowest BCUT2D eigenvalue weighted by molar-refractivity contribution is 0.526. The van der Waals surface area contributed by atoms with Crippen LogP contribution in [0.5, 0.6) is 0 Å². The van der Waals surface area contributed by atoms with E-state index in [1.165, 1.54) is 13.0 Å². The average molecular weight is 353 g/mol. The Balaban J connectivity index is 2.39. The summed E-state index contributed by atoms with van der Waals surface area (Å²) in [5.41, 5.74) is 0.531. The molecule has 0 N–H and O–H groups in total. The summed E-state index contributed by atoms with van der Waals surface area (Å²) in [4.78, 5) is -0.628. The van der Waals surface area contributed by atoms with Crippen LogP contribution in [-0.4, -0.2) is 19.4 Å². The van der Waals surface area contributed by atoms with E-state index in [1.807, 2.05) is 0 Å². The van der Waals surface area contributed by atoms with E-state index in [0.29, 0.717) is 18.4 Å². The van der Waals surface area contributed by atoms with E-state index in [4.69, 9.17) is 0 Å². The van der Waals surface area contributed by atoms with Crippen LogP contribution in [0.25, 0.3) is 0 Å². The number of rotatable bonds is 2. The van der Waals surface area contributed by atoms with Crippen LogP contribution in [0.4, 0.5) is 8.78 Å². The van der Waals surface area contributed by atoms with Gasteiger partial charge in [0.2, 0.25) is 0 Å². The molecule has 0 aliphatic carbocycles. The smallest absolute Gasteiger partial charge is 0.154 e. The second-order valence-corrected chi connectivity index (χ2v) is 8.25. The average Bonchev–Trinajstić information content (AvgIpc) is 2.32. The van der Waals surface area contributed by atoms with Crippen LogP contribution in [0.2, 0.25) is 0 Å². The monoisotopic (exact) mass is 352 g/mol. The van der Waals surface area contributed by atoms with Gasteiger partial charge in [0.25, 0.3) is 0 Å². The Morgan fingerprint density at radius 1 is 1.26 bits per heavy atom. The topological polar surface area (TPSA) is 34.1 Å². The molecule has 0 bridgehead atoms. The van der Waals surface area contributed by atoms with Crippen molar-refractivity contribution in [3.63, 3.8) is 0 Å². The molecular formula is C13H15BrF2O2S. The lowest BCUT2D eigenvalue weighted by atomic mass is 10.0. The molecule has 0 aromatic heterocycles. The molecule has 19 heavy (non-hydrogen) atoms. The summed E-state index contributed by atoms with van der Waals surface area (Å²) >= 11 is 3.29. The van der Waals surface area contributed by atoms with E-state index in [0.717, 1.165) is 12.5 Å². The number of hydrogen-bond acceptors (Lipinski definition) is 2. The highest BCUT2D eigenvalue weighted by molar-refractivity contribution is 9.09. The molecule has 0 radical (unpaired) electrons. The molecule has 106 valence electrons. The second-order valence-electron chi connectivity index (χ2n) is 4.93. The molecule has 2 unspecified atom stereocenters. The number of hydrogen-bond donors (Lipinski definition) is 0. The molecule has 1 saturated heterocycles. The Morgan fingerprint density at radius 2 is 1.95 bits per heavy atom. The van der Waals surface area contributed by atoms with Gasteiger partial charge in [0.05, 0.1) is 15.8 Å². The van der Waals surface area contributed by atoms with Crippen molar-refractivity contribution < 1.29 is 17.2 Å². The predicted octanol–water partition coefficient (Wildman–Crippen LogP) is 3.68. The van der Waals surface area contributed by atoms with Gasteiger partial charge in [0.1, 0.15) is 11.6 Å². The van der Waals surface area contributed by atoms with E-state index in [9.17, 15) is 17.2 Å². The van der Waals surface area contributed by atoms with Crippen LogP contribution in [-0.2, 0) is 9.84 Å². The number of benzene rings is 1. The van der Waals surface area contributed by atoms with Gasteiger partial charge >= 0.3 is 0 Å². The molecule has 2 nitrogen and oxygen atoms in total. The van der Waals surface area contributed by atoms with Crippen molar-refractivity contribution in [2.75, 3.05) is 5.75 Å². The minimum Gasteiger partial charge on any atom is -0.228 e. The highest BCUT2D eigenvalue weighted by Crippen LogP contribution is 2.38. The van der Waals surface area contributed by atoms with Gasteiger partial charge in [-0.3, -0.25) is 0 Å². The zero-order chi connectivity index (χ0) is 14.2. The Labute approximate surface area is 120 Å². The number of alkyl halides is 1. The molecule has 6 heteroatoms. The fourth-order valence-corrected chi connectivity index (χ4v) is 5.95. The summed E-state index contributed by atoms with van der Waals surface area (Å²) in [5.74, 6) is -1.18. The van der Waals surface area contributed by atoms with Gasteiger partial charge in [-0.2, -0.15) is 0 Å². The van der Waals surface area contributed by atoms with Crippen LogP contribution < -0.4 is 0 Å². The minimum absolute atomic E-state index is 0.140. The SMILES string of the molecule is Cc1cc(C(Br)C2CCCCS2(=O)=O)c(F)cc1F. The molecule has 2 rings (SSSR count). The highest BCUT2D eigenvalue weighted by Gasteiger charge is 2.36. The Hall–Kier alpha value is -0.490. The first-order valence-corrected chi connectivity index (χ1v) is 8.77. The third-order valence-electron chi connectivity index (χ3n) is 3.53. The van der Waals surface area contributed by atoms with E-state index in [2.05, 4.69) is 15.9 Å². The van der Waals surface area contributed by atoms with Gasteiger partial charge in [0.15, 0.2) is 9.84 Å². The van der Waals surface area contributed by atoms with Crippen molar-refractivity contribution in [1.82, 2.24) is 0 Å². The van der Waals surface area contributed by atoms with Crippen LogP contribution in [0.15, 0.2) is 12.1 Å². The summed E-state index contributed by atoms with van der Waals surface area (Å²) in [6, 6.07) is 2.20. The number of aryl methyl sites for hydroxylation is 1. The van der Waals surface area contributed by atoms with Crippen LogP contribution in [0.3, 0.4) is 0 Å². The predicted molar refractivity (Wildman–Crippen MR) is 74.2 cm³/mol. The van der Waals surface area contributed by atoms with Gasteiger partial charge in [-0.25, -0.2) is 17.2 Å². The maximum absolute atomic E-state index is 13.8. The molecule has 0 saturated carbocycles. The van der Waals surface area contributed by atoms with Crippen molar-refractivity contribution >= 4 is 25.8 Å². The van der Waals surface area contributed by atoms with Gasteiger partial charge < -0.3 is 0 Å². The molecule has 1 fully saturated rings.